The van der Waals surface area contributed by atoms with Gasteiger partial charge in [-0.2, -0.15) is 0 Å². The number of hydrogen-bond acceptors (Lipinski definition) is 5. The Hall–Kier alpha value is -2.41. The van der Waals surface area contributed by atoms with Crippen LogP contribution in [0.15, 0.2) is 30.3 Å². The third-order valence-electron chi connectivity index (χ3n) is 2.41. The van der Waals surface area contributed by atoms with Crippen LogP contribution < -0.4 is 16.2 Å². The van der Waals surface area contributed by atoms with Crippen molar-refractivity contribution in [3.8, 4) is 0 Å². The molecule has 0 saturated heterocycles. The minimum atomic E-state index is -0.746. The lowest BCUT2D eigenvalue weighted by atomic mass is 10.1. The van der Waals surface area contributed by atoms with E-state index in [2.05, 4.69) is 16.2 Å². The fourth-order valence-corrected chi connectivity index (χ4v) is 1.50. The maximum Gasteiger partial charge on any atom is 0.327 e. The van der Waals surface area contributed by atoms with E-state index in [0.29, 0.717) is 5.56 Å². The molecule has 0 aromatic heterocycles. The minimum Gasteiger partial charge on any atom is -0.468 e. The maximum absolute atomic E-state index is 11.7. The zero-order valence-electron chi connectivity index (χ0n) is 11.3. The summed E-state index contributed by atoms with van der Waals surface area (Å²) in [6, 6.07) is 8.14. The second-order valence-corrected chi connectivity index (χ2v) is 3.98. The number of nitrogens with one attached hydrogen (secondary N) is 3. The molecular formula is C13H17N3O4. The number of carbonyl (C=O) groups excluding carboxylic acids is 3. The van der Waals surface area contributed by atoms with Crippen molar-refractivity contribution in [2.24, 2.45) is 0 Å². The monoisotopic (exact) mass is 279 g/mol. The summed E-state index contributed by atoms with van der Waals surface area (Å²) in [6.07, 6.45) is 0. The predicted octanol–water partition coefficient (Wildman–Crippen LogP) is -0.342. The molecule has 0 heterocycles. The first-order chi connectivity index (χ1) is 9.54. The summed E-state index contributed by atoms with van der Waals surface area (Å²) >= 11 is 0. The van der Waals surface area contributed by atoms with Gasteiger partial charge in [-0.15, -0.1) is 0 Å². The lowest BCUT2D eigenvalue weighted by molar-refractivity contribution is -0.143. The number of rotatable bonds is 5. The van der Waals surface area contributed by atoms with E-state index in [0.717, 1.165) is 0 Å². The Kier molecular flexibility index (Phi) is 6.18. The summed E-state index contributed by atoms with van der Waals surface area (Å²) < 4.78 is 4.69. The minimum absolute atomic E-state index is 0.144. The SMILES string of the molecule is COC(=O)C(NCC(=O)NNC(C)=O)c1ccccc1. The standard InChI is InChI=1S/C13H17N3O4/c1-9(17)15-16-11(18)8-14-12(13(19)20-2)10-6-4-3-5-7-10/h3-7,12,14H,8H2,1-2H3,(H,15,17)(H,16,18). The molecule has 0 saturated carbocycles. The van der Waals surface area contributed by atoms with Crippen molar-refractivity contribution in [1.29, 1.82) is 0 Å². The van der Waals surface area contributed by atoms with E-state index in [4.69, 9.17) is 4.74 Å². The van der Waals surface area contributed by atoms with Gasteiger partial charge in [0.2, 0.25) is 5.91 Å². The number of carbonyl (C=O) groups is 3. The van der Waals surface area contributed by atoms with E-state index in [1.165, 1.54) is 14.0 Å². The Bertz CT molecular complexity index is 476. The van der Waals surface area contributed by atoms with Crippen molar-refractivity contribution in [3.05, 3.63) is 35.9 Å². The van der Waals surface area contributed by atoms with Crippen LogP contribution in [0.2, 0.25) is 0 Å². The molecule has 7 nitrogen and oxygen atoms in total. The van der Waals surface area contributed by atoms with E-state index >= 15 is 0 Å². The third-order valence-corrected chi connectivity index (χ3v) is 2.41. The molecule has 1 rings (SSSR count). The van der Waals surface area contributed by atoms with Gasteiger partial charge < -0.3 is 4.74 Å². The summed E-state index contributed by atoms with van der Waals surface area (Å²) in [6.45, 7) is 1.13. The van der Waals surface area contributed by atoms with Crippen molar-refractivity contribution >= 4 is 17.8 Å². The van der Waals surface area contributed by atoms with Gasteiger partial charge in [0.1, 0.15) is 6.04 Å². The molecule has 1 aromatic carbocycles. The van der Waals surface area contributed by atoms with Crippen LogP contribution in [0.25, 0.3) is 0 Å². The quantitative estimate of drug-likeness (QED) is 0.506. The largest absolute Gasteiger partial charge is 0.468 e. The Balaban J connectivity index is 2.61. The second kappa shape index (κ2) is 7.90. The fraction of sp³-hybridized carbons (Fsp3) is 0.308. The molecule has 0 aliphatic carbocycles. The molecule has 1 aromatic rings. The first kappa shape index (κ1) is 15.6. The smallest absolute Gasteiger partial charge is 0.327 e. The highest BCUT2D eigenvalue weighted by molar-refractivity contribution is 5.83. The van der Waals surface area contributed by atoms with Gasteiger partial charge in [0.05, 0.1) is 13.7 Å². The highest BCUT2D eigenvalue weighted by Crippen LogP contribution is 2.13. The Labute approximate surface area is 116 Å². The van der Waals surface area contributed by atoms with Crippen molar-refractivity contribution < 1.29 is 19.1 Å². The average Bonchev–Trinajstić information content (AvgIpc) is 2.46. The fourth-order valence-electron chi connectivity index (χ4n) is 1.50. The van der Waals surface area contributed by atoms with Gasteiger partial charge in [0.25, 0.3) is 5.91 Å². The summed E-state index contributed by atoms with van der Waals surface area (Å²) in [5, 5.41) is 2.77. The highest BCUT2D eigenvalue weighted by atomic mass is 16.5. The van der Waals surface area contributed by atoms with E-state index < -0.39 is 17.9 Å². The maximum atomic E-state index is 11.7. The van der Waals surface area contributed by atoms with Gasteiger partial charge in [-0.1, -0.05) is 30.3 Å². The van der Waals surface area contributed by atoms with Crippen molar-refractivity contribution in [3.63, 3.8) is 0 Å². The summed E-state index contributed by atoms with van der Waals surface area (Å²) in [7, 11) is 1.28. The number of esters is 1. The molecule has 0 radical (unpaired) electrons. The Morgan fingerprint density at radius 1 is 1.15 bits per heavy atom. The van der Waals surface area contributed by atoms with Gasteiger partial charge in [-0.25, -0.2) is 4.79 Å². The van der Waals surface area contributed by atoms with Crippen LogP contribution in [0.5, 0.6) is 0 Å². The lowest BCUT2D eigenvalue weighted by Gasteiger charge is -2.16. The van der Waals surface area contributed by atoms with E-state index in [9.17, 15) is 14.4 Å². The second-order valence-electron chi connectivity index (χ2n) is 3.98. The molecule has 3 N–H and O–H groups in total. The number of amides is 2. The third kappa shape index (κ3) is 5.07. The first-order valence-corrected chi connectivity index (χ1v) is 5.96. The van der Waals surface area contributed by atoms with Crippen LogP contribution >= 0.6 is 0 Å². The highest BCUT2D eigenvalue weighted by Gasteiger charge is 2.21. The van der Waals surface area contributed by atoms with Crippen LogP contribution in [0.4, 0.5) is 0 Å². The molecule has 108 valence electrons. The number of ether oxygens (including phenoxy) is 1. The van der Waals surface area contributed by atoms with Crippen molar-refractivity contribution in [2.45, 2.75) is 13.0 Å². The number of hydrazine groups is 1. The normalized spacial score (nSPS) is 11.3. The van der Waals surface area contributed by atoms with Crippen LogP contribution in [-0.4, -0.2) is 31.4 Å². The van der Waals surface area contributed by atoms with Crippen molar-refractivity contribution in [1.82, 2.24) is 16.2 Å². The molecule has 0 spiro atoms. The molecule has 1 unspecified atom stereocenters. The first-order valence-electron chi connectivity index (χ1n) is 5.96. The van der Waals surface area contributed by atoms with Gasteiger partial charge in [0, 0.05) is 6.92 Å². The van der Waals surface area contributed by atoms with E-state index in [-0.39, 0.29) is 12.5 Å². The van der Waals surface area contributed by atoms with Crippen LogP contribution in [0, 0.1) is 0 Å². The molecule has 0 aliphatic heterocycles. The topological polar surface area (TPSA) is 96.5 Å². The molecule has 0 aliphatic rings. The van der Waals surface area contributed by atoms with Gasteiger partial charge in [-0.05, 0) is 5.56 Å². The number of benzene rings is 1. The lowest BCUT2D eigenvalue weighted by Crippen LogP contribution is -2.46. The van der Waals surface area contributed by atoms with E-state index in [1.54, 1.807) is 24.3 Å². The van der Waals surface area contributed by atoms with E-state index in [1.807, 2.05) is 6.07 Å². The van der Waals surface area contributed by atoms with Crippen LogP contribution in [0.3, 0.4) is 0 Å². The van der Waals surface area contributed by atoms with Crippen molar-refractivity contribution in [2.75, 3.05) is 13.7 Å². The summed E-state index contributed by atoms with van der Waals surface area (Å²) in [5.41, 5.74) is 5.04. The molecule has 0 bridgehead atoms. The van der Waals surface area contributed by atoms with Gasteiger partial charge in [-0.3, -0.25) is 25.8 Å². The van der Waals surface area contributed by atoms with Crippen LogP contribution in [-0.2, 0) is 19.1 Å². The van der Waals surface area contributed by atoms with Crippen LogP contribution in [0.1, 0.15) is 18.5 Å². The molecule has 0 fully saturated rings. The molecule has 1 atom stereocenters. The predicted molar refractivity (Wildman–Crippen MR) is 71.2 cm³/mol. The summed E-state index contributed by atoms with van der Waals surface area (Å²) in [4.78, 5) is 33.8. The molecule has 20 heavy (non-hydrogen) atoms. The Morgan fingerprint density at radius 3 is 2.35 bits per heavy atom. The average molecular weight is 279 g/mol. The zero-order valence-corrected chi connectivity index (χ0v) is 11.3. The molecular weight excluding hydrogens is 262 g/mol. The zero-order chi connectivity index (χ0) is 15.0. The van der Waals surface area contributed by atoms with Gasteiger partial charge >= 0.3 is 5.97 Å². The Morgan fingerprint density at radius 2 is 1.80 bits per heavy atom. The number of hydrogen-bond donors (Lipinski definition) is 3. The number of methoxy groups -OCH3 is 1. The molecule has 7 heteroatoms. The molecule has 2 amide bonds. The summed E-state index contributed by atoms with van der Waals surface area (Å²) in [5.74, 6) is -1.35. The van der Waals surface area contributed by atoms with Gasteiger partial charge in [0.15, 0.2) is 0 Å².